The number of rotatable bonds is 10. The Hall–Kier alpha value is -4.59. The summed E-state index contributed by atoms with van der Waals surface area (Å²) in [4.78, 5) is 44.4. The van der Waals surface area contributed by atoms with E-state index in [0.29, 0.717) is 43.9 Å². The summed E-state index contributed by atoms with van der Waals surface area (Å²) in [5.41, 5.74) is 0.982. The zero-order valence-corrected chi connectivity index (χ0v) is 29.0. The first kappa shape index (κ1) is 33.3. The SMILES string of the molecule is CC(C)(C)[Si](OC1CN(c2nc(C(=O)NC3CCN(C(=O)OCc4ccc([N+](=O)[O-])cc4)C3)cs2)C1)(c1ccccc1)c1ccccc1. The Morgan fingerprint density at radius 3 is 2.19 bits per heavy atom. The lowest BCUT2D eigenvalue weighted by Gasteiger charge is -2.49. The van der Waals surface area contributed by atoms with Crippen LogP contribution in [0.5, 0.6) is 0 Å². The van der Waals surface area contributed by atoms with Crippen molar-refractivity contribution in [1.82, 2.24) is 15.2 Å². The number of non-ortho nitro benzene ring substituents is 1. The van der Waals surface area contributed by atoms with Crippen molar-refractivity contribution in [3.8, 4) is 0 Å². The number of nitro benzene ring substituents is 1. The minimum Gasteiger partial charge on any atom is -0.445 e. The number of aromatic nitrogens is 1. The third kappa shape index (κ3) is 6.98. The predicted molar refractivity (Wildman–Crippen MR) is 188 cm³/mol. The van der Waals surface area contributed by atoms with Gasteiger partial charge in [-0.05, 0) is 39.5 Å². The van der Waals surface area contributed by atoms with E-state index >= 15 is 0 Å². The van der Waals surface area contributed by atoms with Crippen LogP contribution >= 0.6 is 11.3 Å². The number of thiazole rings is 1. The van der Waals surface area contributed by atoms with Crippen molar-refractivity contribution >= 4 is 52.8 Å². The summed E-state index contributed by atoms with van der Waals surface area (Å²) in [6.07, 6.45) is 0.138. The summed E-state index contributed by atoms with van der Waals surface area (Å²) in [6, 6.07) is 26.9. The van der Waals surface area contributed by atoms with Crippen molar-refractivity contribution in [1.29, 1.82) is 0 Å². The molecule has 2 aliphatic heterocycles. The maximum Gasteiger partial charge on any atom is 0.410 e. The summed E-state index contributed by atoms with van der Waals surface area (Å²) in [6.45, 7) is 8.99. The second-order valence-electron chi connectivity index (χ2n) is 13.2. The van der Waals surface area contributed by atoms with Gasteiger partial charge in [0.15, 0.2) is 5.13 Å². The van der Waals surface area contributed by atoms with Gasteiger partial charge < -0.3 is 24.3 Å². The fraction of sp³-hybridized carbons (Fsp3) is 0.343. The highest BCUT2D eigenvalue weighted by Gasteiger charge is 2.52. The number of carbonyl (C=O) groups excluding carboxylic acids is 2. The first-order chi connectivity index (χ1) is 23.0. The minimum absolute atomic E-state index is 0.00619. The number of nitrogens with zero attached hydrogens (tertiary/aromatic N) is 4. The fourth-order valence-corrected chi connectivity index (χ4v) is 11.9. The van der Waals surface area contributed by atoms with Crippen molar-refractivity contribution in [3.05, 3.63) is 112 Å². The molecule has 1 unspecified atom stereocenters. The fourth-order valence-electron chi connectivity index (χ4n) is 6.38. The lowest BCUT2D eigenvalue weighted by atomic mass is 10.2. The molecule has 0 aliphatic carbocycles. The van der Waals surface area contributed by atoms with E-state index in [-0.39, 0.29) is 35.4 Å². The van der Waals surface area contributed by atoms with E-state index in [1.54, 1.807) is 22.4 Å². The van der Waals surface area contributed by atoms with E-state index in [1.165, 1.54) is 33.8 Å². The largest absolute Gasteiger partial charge is 0.445 e. The van der Waals surface area contributed by atoms with E-state index in [4.69, 9.17) is 9.16 Å². The van der Waals surface area contributed by atoms with E-state index in [0.717, 1.165) is 5.13 Å². The van der Waals surface area contributed by atoms with Crippen molar-refractivity contribution in [2.24, 2.45) is 0 Å². The predicted octanol–water partition coefficient (Wildman–Crippen LogP) is 4.96. The molecule has 2 fully saturated rings. The molecule has 4 aromatic rings. The van der Waals surface area contributed by atoms with Gasteiger partial charge in [0.05, 0.1) is 11.0 Å². The van der Waals surface area contributed by atoms with Gasteiger partial charge in [-0.1, -0.05) is 81.4 Å². The first-order valence-electron chi connectivity index (χ1n) is 16.0. The molecule has 250 valence electrons. The molecule has 0 radical (unpaired) electrons. The number of hydrogen-bond acceptors (Lipinski definition) is 9. The van der Waals surface area contributed by atoms with Gasteiger partial charge >= 0.3 is 6.09 Å². The van der Waals surface area contributed by atoms with Crippen molar-refractivity contribution in [2.75, 3.05) is 31.1 Å². The van der Waals surface area contributed by atoms with E-state index in [9.17, 15) is 19.7 Å². The Labute approximate surface area is 284 Å². The Balaban J connectivity index is 1.02. The van der Waals surface area contributed by atoms with Crippen LogP contribution in [-0.4, -0.2) is 73.4 Å². The number of nitrogens with one attached hydrogen (secondary N) is 1. The van der Waals surface area contributed by atoms with Crippen molar-refractivity contribution in [2.45, 2.75) is 51.0 Å². The molecule has 0 saturated carbocycles. The summed E-state index contributed by atoms with van der Waals surface area (Å²) < 4.78 is 12.6. The van der Waals surface area contributed by atoms with Gasteiger partial charge in [0.2, 0.25) is 0 Å². The van der Waals surface area contributed by atoms with Crippen LogP contribution in [0.4, 0.5) is 15.6 Å². The molecule has 11 nitrogen and oxygen atoms in total. The smallest absolute Gasteiger partial charge is 0.410 e. The van der Waals surface area contributed by atoms with Crippen molar-refractivity contribution in [3.63, 3.8) is 0 Å². The molecular weight excluding hydrogens is 647 g/mol. The van der Waals surface area contributed by atoms with E-state index < -0.39 is 19.3 Å². The molecule has 0 spiro atoms. The highest BCUT2D eigenvalue weighted by molar-refractivity contribution is 7.14. The molecule has 2 amide bonds. The standard InChI is InChI=1S/C35H39N5O6SSi/c1-35(2,3)48(29-10-6-4-7-11-29,30-12-8-5-9-13-30)46-28-21-39(22-28)33-37-31(24-47-33)32(41)36-26-18-19-38(20-26)34(42)45-23-25-14-16-27(17-15-25)40(43)44/h4-17,24,26,28H,18-23H2,1-3H3,(H,36,41). The van der Waals surface area contributed by atoms with Crippen LogP contribution in [0.2, 0.25) is 5.04 Å². The van der Waals surface area contributed by atoms with Crippen LogP contribution in [0.1, 0.15) is 43.2 Å². The summed E-state index contributed by atoms with van der Waals surface area (Å²) in [5, 5.41) is 18.8. The van der Waals surface area contributed by atoms with Gasteiger partial charge in [-0.25, -0.2) is 9.78 Å². The molecule has 13 heteroatoms. The molecule has 2 aliphatic rings. The van der Waals surface area contributed by atoms with Gasteiger partial charge in [-0.3, -0.25) is 14.9 Å². The number of nitro groups is 1. The first-order valence-corrected chi connectivity index (χ1v) is 18.8. The topological polar surface area (TPSA) is 127 Å². The maximum absolute atomic E-state index is 13.1. The number of anilines is 1. The minimum atomic E-state index is -2.66. The number of amides is 2. The van der Waals surface area contributed by atoms with Crippen molar-refractivity contribution < 1.29 is 23.7 Å². The molecule has 1 N–H and O–H groups in total. The van der Waals surface area contributed by atoms with Gasteiger partial charge in [0.1, 0.15) is 12.3 Å². The molecule has 3 heterocycles. The van der Waals surface area contributed by atoms with Gasteiger partial charge in [0.25, 0.3) is 19.9 Å². The molecule has 48 heavy (non-hydrogen) atoms. The highest BCUT2D eigenvalue weighted by Crippen LogP contribution is 2.39. The Bertz CT molecular complexity index is 1700. The summed E-state index contributed by atoms with van der Waals surface area (Å²) >= 11 is 1.44. The molecule has 0 bridgehead atoms. The number of likely N-dealkylation sites (tertiary alicyclic amines) is 1. The molecule has 2 saturated heterocycles. The maximum atomic E-state index is 13.1. The number of hydrogen-bond donors (Lipinski definition) is 1. The Morgan fingerprint density at radius 1 is 0.979 bits per heavy atom. The Morgan fingerprint density at radius 2 is 1.60 bits per heavy atom. The zero-order chi connectivity index (χ0) is 33.9. The van der Waals surface area contributed by atoms with Crippen LogP contribution in [0.25, 0.3) is 0 Å². The lowest BCUT2D eigenvalue weighted by Crippen LogP contribution is -2.70. The van der Waals surface area contributed by atoms with Crippen LogP contribution in [0.15, 0.2) is 90.3 Å². The number of benzene rings is 3. The highest BCUT2D eigenvalue weighted by atomic mass is 32.1. The third-order valence-electron chi connectivity index (χ3n) is 8.89. The van der Waals surface area contributed by atoms with Gasteiger partial charge in [0, 0.05) is 49.7 Å². The third-order valence-corrected chi connectivity index (χ3v) is 14.9. The monoisotopic (exact) mass is 685 g/mol. The van der Waals surface area contributed by atoms with Crippen LogP contribution < -0.4 is 20.6 Å². The summed E-state index contributed by atoms with van der Waals surface area (Å²) in [7, 11) is -2.66. The quantitative estimate of drug-likeness (QED) is 0.141. The number of carbonyl (C=O) groups is 2. The molecule has 1 aromatic heterocycles. The molecule has 3 aromatic carbocycles. The molecule has 6 rings (SSSR count). The van der Waals surface area contributed by atoms with Crippen LogP contribution in [0.3, 0.4) is 0 Å². The second kappa shape index (κ2) is 13.9. The number of ether oxygens (including phenoxy) is 1. The average molecular weight is 686 g/mol. The molecule has 1 atom stereocenters. The Kier molecular flexibility index (Phi) is 9.62. The summed E-state index contributed by atoms with van der Waals surface area (Å²) in [5.74, 6) is -0.274. The molecular formula is C35H39N5O6SSi. The van der Waals surface area contributed by atoms with E-state index in [1.807, 2.05) is 12.1 Å². The normalized spacial score (nSPS) is 16.8. The zero-order valence-electron chi connectivity index (χ0n) is 27.2. The van der Waals surface area contributed by atoms with Crippen LogP contribution in [-0.2, 0) is 15.8 Å². The van der Waals surface area contributed by atoms with Gasteiger partial charge in [-0.15, -0.1) is 11.3 Å². The second-order valence-corrected chi connectivity index (χ2v) is 18.3. The van der Waals surface area contributed by atoms with Gasteiger partial charge in [-0.2, -0.15) is 0 Å². The average Bonchev–Trinajstić information content (AvgIpc) is 3.74. The van der Waals surface area contributed by atoms with E-state index in [2.05, 4.69) is 84.5 Å². The lowest BCUT2D eigenvalue weighted by molar-refractivity contribution is -0.384. The van der Waals surface area contributed by atoms with Crippen LogP contribution in [0, 0.1) is 10.1 Å².